The summed E-state index contributed by atoms with van der Waals surface area (Å²) in [5.41, 5.74) is 0.573. The van der Waals surface area contributed by atoms with Crippen molar-refractivity contribution in [3.63, 3.8) is 0 Å². The summed E-state index contributed by atoms with van der Waals surface area (Å²) in [6.45, 7) is 12.9. The molecule has 1 aliphatic carbocycles. The van der Waals surface area contributed by atoms with Crippen LogP contribution in [-0.4, -0.2) is 47.3 Å². The van der Waals surface area contributed by atoms with Gasteiger partial charge in [-0.3, -0.25) is 0 Å². The van der Waals surface area contributed by atoms with Crippen LogP contribution in [0.1, 0.15) is 46.0 Å². The van der Waals surface area contributed by atoms with Gasteiger partial charge in [0.2, 0.25) is 0 Å². The van der Waals surface area contributed by atoms with Gasteiger partial charge in [-0.05, 0) is 45.6 Å². The van der Waals surface area contributed by atoms with Crippen LogP contribution in [0.15, 0.2) is 48.6 Å². The summed E-state index contributed by atoms with van der Waals surface area (Å²) in [7, 11) is 1.21. The SMILES string of the molecule is C=C(C)C(=O)OC1CCCCC1.C=C(C=C(C)C(=O)O)C(=O)OC.C=CC(=O)O. The summed E-state index contributed by atoms with van der Waals surface area (Å²) in [6.07, 6.45) is 7.86. The molecule has 1 saturated carbocycles. The number of hydrogen-bond donors (Lipinski definition) is 2. The molecular weight excluding hydrogens is 380 g/mol. The van der Waals surface area contributed by atoms with Crippen LogP contribution in [-0.2, 0) is 28.7 Å². The molecule has 2 N–H and O–H groups in total. The fourth-order valence-electron chi connectivity index (χ4n) is 1.95. The second-order valence-corrected chi connectivity index (χ2v) is 6.14. The van der Waals surface area contributed by atoms with E-state index >= 15 is 0 Å². The van der Waals surface area contributed by atoms with E-state index in [0.29, 0.717) is 5.57 Å². The van der Waals surface area contributed by atoms with E-state index in [0.717, 1.165) is 25.0 Å². The van der Waals surface area contributed by atoms with Crippen LogP contribution in [0.4, 0.5) is 0 Å². The second-order valence-electron chi connectivity index (χ2n) is 6.14. The first-order chi connectivity index (χ1) is 13.5. The van der Waals surface area contributed by atoms with Gasteiger partial charge < -0.3 is 19.7 Å². The molecule has 0 aromatic carbocycles. The lowest BCUT2D eigenvalue weighted by molar-refractivity contribution is -0.145. The highest BCUT2D eigenvalue weighted by molar-refractivity contribution is 5.94. The number of hydrogen-bond acceptors (Lipinski definition) is 6. The molecule has 0 unspecified atom stereocenters. The molecule has 8 nitrogen and oxygen atoms in total. The predicted octanol–water partition coefficient (Wildman–Crippen LogP) is 3.44. The number of carbonyl (C=O) groups excluding carboxylic acids is 2. The van der Waals surface area contributed by atoms with E-state index in [2.05, 4.69) is 24.5 Å². The van der Waals surface area contributed by atoms with E-state index in [9.17, 15) is 19.2 Å². The Morgan fingerprint density at radius 2 is 1.45 bits per heavy atom. The van der Waals surface area contributed by atoms with Crippen LogP contribution in [0.3, 0.4) is 0 Å². The standard InChI is InChI=1S/C10H16O2.C8H10O4.C3H4O2/c1-8(2)10(11)12-9-6-4-3-5-7-9;1-5(7(9)10)4-6(2)8(11)12-3;1-2-3(4)5/h9H,1,3-7H2,2H3;4H,2H2,1,3H3,(H,9,10);2H,1H2,(H,4,5). The summed E-state index contributed by atoms with van der Waals surface area (Å²) in [5.74, 6) is -2.93. The average Bonchev–Trinajstić information content (AvgIpc) is 2.68. The number of carboxylic acids is 2. The zero-order valence-corrected chi connectivity index (χ0v) is 17.2. The molecule has 0 saturated heterocycles. The largest absolute Gasteiger partial charge is 0.478 e. The number of carboxylic acid groups (broad SMARTS) is 2. The highest BCUT2D eigenvalue weighted by atomic mass is 16.5. The maximum Gasteiger partial charge on any atom is 0.337 e. The minimum atomic E-state index is -1.08. The van der Waals surface area contributed by atoms with Crippen molar-refractivity contribution in [1.82, 2.24) is 0 Å². The molecule has 0 atom stereocenters. The Morgan fingerprint density at radius 1 is 0.966 bits per heavy atom. The van der Waals surface area contributed by atoms with Crippen LogP contribution in [0, 0.1) is 0 Å². The molecule has 0 heterocycles. The van der Waals surface area contributed by atoms with Gasteiger partial charge in [0.05, 0.1) is 12.7 Å². The zero-order valence-electron chi connectivity index (χ0n) is 17.2. The molecule has 1 rings (SSSR count). The normalized spacial score (nSPS) is 13.3. The fraction of sp³-hybridized carbons (Fsp3) is 0.429. The summed E-state index contributed by atoms with van der Waals surface area (Å²) in [6, 6.07) is 0. The van der Waals surface area contributed by atoms with E-state index < -0.39 is 17.9 Å². The lowest BCUT2D eigenvalue weighted by Crippen LogP contribution is -2.20. The quantitative estimate of drug-likeness (QED) is 0.387. The molecule has 1 aliphatic rings. The molecule has 1 fully saturated rings. The number of methoxy groups -OCH3 is 1. The maximum atomic E-state index is 11.1. The first-order valence-electron chi connectivity index (χ1n) is 8.86. The van der Waals surface area contributed by atoms with Crippen molar-refractivity contribution in [3.05, 3.63) is 48.6 Å². The van der Waals surface area contributed by atoms with Crippen molar-refractivity contribution in [3.8, 4) is 0 Å². The van der Waals surface area contributed by atoms with Crippen molar-refractivity contribution in [2.75, 3.05) is 7.11 Å². The molecule has 8 heteroatoms. The third-order valence-corrected chi connectivity index (χ3v) is 3.52. The summed E-state index contributed by atoms with van der Waals surface area (Å²) >= 11 is 0. The second kappa shape index (κ2) is 15.9. The third-order valence-electron chi connectivity index (χ3n) is 3.52. The third kappa shape index (κ3) is 15.6. The molecule has 0 aromatic rings. The van der Waals surface area contributed by atoms with Gasteiger partial charge in [-0.1, -0.05) is 26.2 Å². The first kappa shape index (κ1) is 28.1. The van der Waals surface area contributed by atoms with Gasteiger partial charge in [0.1, 0.15) is 6.10 Å². The van der Waals surface area contributed by atoms with Crippen molar-refractivity contribution >= 4 is 23.9 Å². The minimum Gasteiger partial charge on any atom is -0.478 e. The van der Waals surface area contributed by atoms with Crippen LogP contribution < -0.4 is 0 Å². The Balaban J connectivity index is 0. The monoisotopic (exact) mass is 410 g/mol. The van der Waals surface area contributed by atoms with Gasteiger partial charge in [0, 0.05) is 17.2 Å². The molecule has 0 spiro atoms. The highest BCUT2D eigenvalue weighted by Gasteiger charge is 2.17. The van der Waals surface area contributed by atoms with E-state index in [1.165, 1.54) is 33.3 Å². The molecule has 0 bridgehead atoms. The number of esters is 2. The molecule has 29 heavy (non-hydrogen) atoms. The van der Waals surface area contributed by atoms with Crippen LogP contribution >= 0.6 is 0 Å². The van der Waals surface area contributed by atoms with Crippen LogP contribution in [0.5, 0.6) is 0 Å². The highest BCUT2D eigenvalue weighted by Crippen LogP contribution is 2.20. The predicted molar refractivity (Wildman–Crippen MR) is 108 cm³/mol. The number of carbonyl (C=O) groups is 4. The van der Waals surface area contributed by atoms with Gasteiger partial charge in [-0.25, -0.2) is 19.2 Å². The Kier molecular flexibility index (Phi) is 15.3. The Hall–Kier alpha value is -3.16. The van der Waals surface area contributed by atoms with Gasteiger partial charge in [0.25, 0.3) is 0 Å². The Labute approximate surface area is 171 Å². The molecular formula is C21H30O8. The smallest absolute Gasteiger partial charge is 0.337 e. The minimum absolute atomic E-state index is 0.0254. The van der Waals surface area contributed by atoms with Crippen molar-refractivity contribution in [2.45, 2.75) is 52.1 Å². The van der Waals surface area contributed by atoms with E-state index in [-0.39, 0.29) is 23.2 Å². The molecule has 0 radical (unpaired) electrons. The maximum absolute atomic E-state index is 11.1. The zero-order chi connectivity index (χ0) is 23.0. The topological polar surface area (TPSA) is 127 Å². The summed E-state index contributed by atoms with van der Waals surface area (Å²) in [4.78, 5) is 41.3. The van der Waals surface area contributed by atoms with Crippen molar-refractivity contribution < 1.29 is 38.9 Å². The van der Waals surface area contributed by atoms with Gasteiger partial charge in [-0.2, -0.15) is 0 Å². The molecule has 0 amide bonds. The van der Waals surface area contributed by atoms with Crippen molar-refractivity contribution in [1.29, 1.82) is 0 Å². The number of aliphatic carboxylic acids is 2. The van der Waals surface area contributed by atoms with E-state index in [4.69, 9.17) is 14.9 Å². The van der Waals surface area contributed by atoms with Gasteiger partial charge in [0.15, 0.2) is 0 Å². The number of ether oxygens (including phenoxy) is 2. The van der Waals surface area contributed by atoms with E-state index in [1.54, 1.807) is 6.92 Å². The lowest BCUT2D eigenvalue weighted by Gasteiger charge is -2.21. The van der Waals surface area contributed by atoms with Crippen molar-refractivity contribution in [2.24, 2.45) is 0 Å². The summed E-state index contributed by atoms with van der Waals surface area (Å²) in [5, 5.41) is 16.0. The first-order valence-corrected chi connectivity index (χ1v) is 8.86. The molecule has 0 aromatic heterocycles. The summed E-state index contributed by atoms with van der Waals surface area (Å²) < 4.78 is 9.53. The number of rotatable bonds is 6. The van der Waals surface area contributed by atoms with Crippen LogP contribution in [0.2, 0.25) is 0 Å². The van der Waals surface area contributed by atoms with Gasteiger partial charge >= 0.3 is 23.9 Å². The molecule has 162 valence electrons. The lowest BCUT2D eigenvalue weighted by atomic mass is 9.98. The Bertz CT molecular complexity index is 652. The van der Waals surface area contributed by atoms with Crippen LogP contribution in [0.25, 0.3) is 0 Å². The molecule has 0 aliphatic heterocycles. The van der Waals surface area contributed by atoms with Gasteiger partial charge in [-0.15, -0.1) is 0 Å². The van der Waals surface area contributed by atoms with E-state index in [1.807, 2.05) is 0 Å². The average molecular weight is 410 g/mol. The Morgan fingerprint density at radius 3 is 1.79 bits per heavy atom. The fourth-order valence-corrected chi connectivity index (χ4v) is 1.95.